The number of ether oxygens (including phenoxy) is 2. The molecular formula is C22H19Cl2N3O4. The van der Waals surface area contributed by atoms with Crippen molar-refractivity contribution in [1.82, 2.24) is 10.2 Å². The number of carbonyl (C=O) groups is 1. The van der Waals surface area contributed by atoms with Crippen LogP contribution in [0.25, 0.3) is 0 Å². The maximum absolute atomic E-state index is 12.1. The molecule has 2 bridgehead atoms. The number of hydrogen-bond acceptors (Lipinski definition) is 6. The molecule has 9 heteroatoms. The van der Waals surface area contributed by atoms with Crippen molar-refractivity contribution in [1.29, 1.82) is 0 Å². The van der Waals surface area contributed by atoms with Gasteiger partial charge in [-0.3, -0.25) is 4.79 Å². The van der Waals surface area contributed by atoms with Crippen LogP contribution in [0.2, 0.25) is 10.0 Å². The van der Waals surface area contributed by atoms with Crippen molar-refractivity contribution >= 4 is 29.1 Å². The van der Waals surface area contributed by atoms with E-state index in [4.69, 9.17) is 42.8 Å². The van der Waals surface area contributed by atoms with E-state index in [0.29, 0.717) is 52.6 Å². The van der Waals surface area contributed by atoms with Gasteiger partial charge in [0.15, 0.2) is 12.7 Å². The fourth-order valence-corrected chi connectivity index (χ4v) is 4.96. The smallest absolute Gasteiger partial charge is 0.259 e. The van der Waals surface area contributed by atoms with Crippen LogP contribution in [-0.4, -0.2) is 22.2 Å². The molecule has 7 nitrogen and oxygen atoms in total. The van der Waals surface area contributed by atoms with E-state index in [-0.39, 0.29) is 17.4 Å². The van der Waals surface area contributed by atoms with Gasteiger partial charge in [0.25, 0.3) is 11.8 Å². The molecular weight excluding hydrogens is 441 g/mol. The van der Waals surface area contributed by atoms with Gasteiger partial charge in [-0.2, -0.15) is 0 Å². The van der Waals surface area contributed by atoms with Crippen molar-refractivity contribution < 1.29 is 18.7 Å². The molecule has 1 atom stereocenters. The number of primary amides is 1. The number of aromatic nitrogens is 2. The Labute approximate surface area is 188 Å². The second kappa shape index (κ2) is 7.43. The van der Waals surface area contributed by atoms with Gasteiger partial charge in [0.1, 0.15) is 11.5 Å². The van der Waals surface area contributed by atoms with E-state index in [9.17, 15) is 4.79 Å². The zero-order valence-corrected chi connectivity index (χ0v) is 17.9. The summed E-state index contributed by atoms with van der Waals surface area (Å²) in [7, 11) is 0. The largest absolute Gasteiger partial charge is 0.484 e. The average Bonchev–Trinajstić information content (AvgIpc) is 3.15. The van der Waals surface area contributed by atoms with Gasteiger partial charge in [-0.25, -0.2) is 0 Å². The minimum atomic E-state index is -0.716. The highest BCUT2D eigenvalue weighted by Gasteiger charge is 2.75. The fraction of sp³-hybridized carbons (Fsp3) is 0.318. The molecule has 1 heterocycles. The summed E-state index contributed by atoms with van der Waals surface area (Å²) in [6.45, 7) is 0.166. The van der Waals surface area contributed by atoms with Gasteiger partial charge < -0.3 is 19.6 Å². The number of nitrogens with zero attached hydrogens (tertiary/aromatic N) is 2. The zero-order chi connectivity index (χ0) is 21.6. The molecule has 2 aromatic carbocycles. The van der Waals surface area contributed by atoms with E-state index < -0.39 is 12.0 Å². The molecule has 0 saturated heterocycles. The maximum atomic E-state index is 12.1. The van der Waals surface area contributed by atoms with Crippen LogP contribution in [0, 0.1) is 5.41 Å². The van der Waals surface area contributed by atoms with Gasteiger partial charge in [0.05, 0.1) is 5.41 Å². The lowest BCUT2D eigenvalue weighted by atomic mass is 9.33. The number of rotatable bonds is 8. The molecule has 3 aromatic rings. The number of nitrogens with two attached hydrogens (primary N) is 1. The third-order valence-electron chi connectivity index (χ3n) is 6.05. The molecule has 160 valence electrons. The molecule has 3 saturated carbocycles. The van der Waals surface area contributed by atoms with Gasteiger partial charge >= 0.3 is 0 Å². The number of hydrogen-bond donors (Lipinski definition) is 1. The number of halogens is 2. The van der Waals surface area contributed by atoms with E-state index in [1.54, 1.807) is 48.5 Å². The predicted molar refractivity (Wildman–Crippen MR) is 113 cm³/mol. The molecule has 0 radical (unpaired) electrons. The topological polar surface area (TPSA) is 100 Å². The zero-order valence-electron chi connectivity index (χ0n) is 16.4. The van der Waals surface area contributed by atoms with Crippen molar-refractivity contribution in [3.05, 3.63) is 70.4 Å². The summed E-state index contributed by atoms with van der Waals surface area (Å²) in [6.07, 6.45) is 1.41. The molecule has 3 fully saturated rings. The van der Waals surface area contributed by atoms with Crippen LogP contribution in [0.15, 0.2) is 52.9 Å². The minimum Gasteiger partial charge on any atom is -0.484 e. The highest BCUT2D eigenvalue weighted by molar-refractivity contribution is 6.30. The van der Waals surface area contributed by atoms with Gasteiger partial charge in [0, 0.05) is 15.5 Å². The standard InChI is InChI=1S/C22H19Cl2N3O4/c23-13-1-5-15(6-2-13)29-9-17-26-27-20(31-17)22-10-21(11-22,12-22)18(19(25)28)30-16-7-3-14(24)4-8-16/h1-8,18H,9-12H2,(H2,25,28). The van der Waals surface area contributed by atoms with E-state index in [1.807, 2.05) is 0 Å². The van der Waals surface area contributed by atoms with Gasteiger partial charge in [-0.1, -0.05) is 23.2 Å². The molecule has 3 aliphatic rings. The SMILES string of the molecule is NC(=O)C(Oc1ccc(Cl)cc1)C12CC(c3nnc(COc4ccc(Cl)cc4)o3)(C1)C2. The van der Waals surface area contributed by atoms with E-state index in [1.165, 1.54) is 0 Å². The summed E-state index contributed by atoms with van der Waals surface area (Å²) < 4.78 is 17.4. The van der Waals surface area contributed by atoms with Crippen molar-refractivity contribution in [2.45, 2.75) is 37.4 Å². The highest BCUT2D eigenvalue weighted by atomic mass is 35.5. The van der Waals surface area contributed by atoms with Crippen LogP contribution in [0.1, 0.15) is 31.0 Å². The Morgan fingerprint density at radius 3 is 2.16 bits per heavy atom. The number of amides is 1. The normalized spacial score (nSPS) is 24.6. The summed E-state index contributed by atoms with van der Waals surface area (Å²) in [5.74, 6) is 1.71. The second-order valence-electron chi connectivity index (χ2n) is 8.27. The summed E-state index contributed by atoms with van der Waals surface area (Å²) >= 11 is 11.8. The first-order valence-corrected chi connectivity index (χ1v) is 10.6. The fourth-order valence-electron chi connectivity index (χ4n) is 4.71. The number of carbonyl (C=O) groups excluding carboxylic acids is 1. The number of benzene rings is 2. The Morgan fingerprint density at radius 1 is 1.00 bits per heavy atom. The van der Waals surface area contributed by atoms with Crippen molar-refractivity contribution in [3.8, 4) is 11.5 Å². The van der Waals surface area contributed by atoms with Crippen LogP contribution in [0.5, 0.6) is 11.5 Å². The molecule has 3 aliphatic carbocycles. The Bertz CT molecular complexity index is 1090. The molecule has 31 heavy (non-hydrogen) atoms. The van der Waals surface area contributed by atoms with Gasteiger partial charge in [-0.15, -0.1) is 10.2 Å². The Balaban J connectivity index is 1.22. The monoisotopic (exact) mass is 459 g/mol. The first-order chi connectivity index (χ1) is 14.9. The molecule has 1 unspecified atom stereocenters. The van der Waals surface area contributed by atoms with E-state index in [2.05, 4.69) is 10.2 Å². The molecule has 6 rings (SSSR count). The van der Waals surface area contributed by atoms with Crippen molar-refractivity contribution in [3.63, 3.8) is 0 Å². The predicted octanol–water partition coefficient (Wildman–Crippen LogP) is 4.31. The lowest BCUT2D eigenvalue weighted by molar-refractivity contribution is -0.208. The minimum absolute atomic E-state index is 0.166. The van der Waals surface area contributed by atoms with Crippen LogP contribution < -0.4 is 15.2 Å². The van der Waals surface area contributed by atoms with Crippen molar-refractivity contribution in [2.75, 3.05) is 0 Å². The molecule has 1 amide bonds. The summed E-state index contributed by atoms with van der Waals surface area (Å²) in [6, 6.07) is 13.9. The van der Waals surface area contributed by atoms with E-state index >= 15 is 0 Å². The second-order valence-corrected chi connectivity index (χ2v) is 9.14. The van der Waals surface area contributed by atoms with E-state index in [0.717, 1.165) is 0 Å². The van der Waals surface area contributed by atoms with Gasteiger partial charge in [0.2, 0.25) is 5.89 Å². The summed E-state index contributed by atoms with van der Waals surface area (Å²) in [4.78, 5) is 12.1. The molecule has 0 spiro atoms. The van der Waals surface area contributed by atoms with Crippen LogP contribution in [0.4, 0.5) is 0 Å². The Kier molecular flexibility index (Phi) is 4.83. The van der Waals surface area contributed by atoms with Crippen LogP contribution in [0.3, 0.4) is 0 Å². The Morgan fingerprint density at radius 2 is 1.58 bits per heavy atom. The average molecular weight is 460 g/mol. The third-order valence-corrected chi connectivity index (χ3v) is 6.55. The summed E-state index contributed by atoms with van der Waals surface area (Å²) in [5.41, 5.74) is 5.13. The van der Waals surface area contributed by atoms with Crippen molar-refractivity contribution in [2.24, 2.45) is 11.1 Å². The van der Waals surface area contributed by atoms with Crippen LogP contribution >= 0.6 is 23.2 Å². The molecule has 1 aromatic heterocycles. The van der Waals surface area contributed by atoms with Crippen LogP contribution in [-0.2, 0) is 16.8 Å². The van der Waals surface area contributed by atoms with Gasteiger partial charge in [-0.05, 0) is 67.8 Å². The summed E-state index contributed by atoms with van der Waals surface area (Å²) in [5, 5.41) is 9.55. The Hall–Kier alpha value is -2.77. The first-order valence-electron chi connectivity index (χ1n) is 9.80. The molecule has 0 aliphatic heterocycles. The third kappa shape index (κ3) is 3.62. The first kappa shape index (κ1) is 20.2. The highest BCUT2D eigenvalue weighted by Crippen LogP contribution is 2.75. The molecule has 2 N–H and O–H groups in total. The lowest BCUT2D eigenvalue weighted by Gasteiger charge is -2.69. The quantitative estimate of drug-likeness (QED) is 0.538. The maximum Gasteiger partial charge on any atom is 0.259 e. The lowest BCUT2D eigenvalue weighted by Crippen LogP contribution is -2.72.